The largest absolute Gasteiger partial charge is 0.481 e. The summed E-state index contributed by atoms with van der Waals surface area (Å²) in [5, 5.41) is 16.5. The summed E-state index contributed by atoms with van der Waals surface area (Å²) < 4.78 is 0. The smallest absolute Gasteiger partial charge is 0.319 e. The number of anilines is 2. The van der Waals surface area contributed by atoms with Gasteiger partial charge >= 0.3 is 12.0 Å². The summed E-state index contributed by atoms with van der Waals surface area (Å²) in [4.78, 5) is 33.6. The van der Waals surface area contributed by atoms with Gasteiger partial charge in [-0.2, -0.15) is 0 Å². The van der Waals surface area contributed by atoms with Crippen molar-refractivity contribution in [2.24, 2.45) is 5.92 Å². The van der Waals surface area contributed by atoms with E-state index in [1.165, 1.54) is 0 Å². The van der Waals surface area contributed by atoms with Crippen molar-refractivity contribution in [1.82, 2.24) is 5.32 Å². The number of carbonyl (C=O) groups excluding carboxylic acids is 2. The van der Waals surface area contributed by atoms with E-state index in [9.17, 15) is 14.4 Å². The SMILES string of the molecule is CC(C)CC(=O)Nc1ccc(NC(=O)NCCCC(=O)O)cc1. The standard InChI is InChI=1S/C16H23N3O4/c1-11(2)10-14(20)18-12-5-7-13(8-6-12)19-16(23)17-9-3-4-15(21)22/h5-8,11H,3-4,9-10H2,1-2H3,(H,18,20)(H,21,22)(H2,17,19,23). The molecule has 1 aromatic rings. The van der Waals surface area contributed by atoms with E-state index in [2.05, 4.69) is 16.0 Å². The van der Waals surface area contributed by atoms with Crippen LogP contribution in [0.3, 0.4) is 0 Å². The van der Waals surface area contributed by atoms with Gasteiger partial charge in [-0.25, -0.2) is 4.79 Å². The summed E-state index contributed by atoms with van der Waals surface area (Å²) in [5.74, 6) is -0.639. The van der Waals surface area contributed by atoms with Crippen LogP contribution >= 0.6 is 0 Å². The van der Waals surface area contributed by atoms with E-state index >= 15 is 0 Å². The first kappa shape index (κ1) is 18.5. The predicted molar refractivity (Wildman–Crippen MR) is 88.4 cm³/mol. The molecule has 7 heteroatoms. The fourth-order valence-corrected chi connectivity index (χ4v) is 1.84. The van der Waals surface area contributed by atoms with E-state index < -0.39 is 12.0 Å². The van der Waals surface area contributed by atoms with E-state index in [4.69, 9.17) is 5.11 Å². The molecule has 0 bridgehead atoms. The van der Waals surface area contributed by atoms with Gasteiger partial charge in [0.25, 0.3) is 0 Å². The van der Waals surface area contributed by atoms with Crippen molar-refractivity contribution in [2.75, 3.05) is 17.2 Å². The van der Waals surface area contributed by atoms with Gasteiger partial charge in [0.1, 0.15) is 0 Å². The van der Waals surface area contributed by atoms with Crippen molar-refractivity contribution in [3.63, 3.8) is 0 Å². The van der Waals surface area contributed by atoms with Gasteiger partial charge in [0.15, 0.2) is 0 Å². The maximum absolute atomic E-state index is 11.6. The van der Waals surface area contributed by atoms with Gasteiger partial charge in [0.2, 0.25) is 5.91 Å². The van der Waals surface area contributed by atoms with E-state index in [0.717, 1.165) is 0 Å². The maximum Gasteiger partial charge on any atom is 0.319 e. The normalized spacial score (nSPS) is 10.2. The lowest BCUT2D eigenvalue weighted by Gasteiger charge is -2.09. The van der Waals surface area contributed by atoms with Crippen LogP contribution in [0.1, 0.15) is 33.1 Å². The zero-order valence-corrected chi connectivity index (χ0v) is 13.4. The number of rotatable bonds is 8. The Morgan fingerprint density at radius 3 is 2.13 bits per heavy atom. The second kappa shape index (κ2) is 9.45. The lowest BCUT2D eigenvalue weighted by molar-refractivity contribution is -0.137. The van der Waals surface area contributed by atoms with Gasteiger partial charge < -0.3 is 21.1 Å². The number of nitrogens with one attached hydrogen (secondary N) is 3. The Morgan fingerprint density at radius 2 is 1.61 bits per heavy atom. The van der Waals surface area contributed by atoms with Crippen molar-refractivity contribution < 1.29 is 19.5 Å². The van der Waals surface area contributed by atoms with Crippen LogP contribution < -0.4 is 16.0 Å². The molecule has 7 nitrogen and oxygen atoms in total. The minimum Gasteiger partial charge on any atom is -0.481 e. The van der Waals surface area contributed by atoms with Gasteiger partial charge in [-0.15, -0.1) is 0 Å². The number of aliphatic carboxylic acids is 1. The Kier molecular flexibility index (Phi) is 7.59. The highest BCUT2D eigenvalue weighted by atomic mass is 16.4. The lowest BCUT2D eigenvalue weighted by atomic mass is 10.1. The predicted octanol–water partition coefficient (Wildman–Crippen LogP) is 2.66. The van der Waals surface area contributed by atoms with Crippen LogP contribution in [-0.2, 0) is 9.59 Å². The molecular weight excluding hydrogens is 298 g/mol. The quantitative estimate of drug-likeness (QED) is 0.552. The van der Waals surface area contributed by atoms with Gasteiger partial charge in [0.05, 0.1) is 0 Å². The third kappa shape index (κ3) is 8.45. The number of carboxylic acid groups (broad SMARTS) is 1. The summed E-state index contributed by atoms with van der Waals surface area (Å²) in [6, 6.07) is 6.38. The molecule has 1 rings (SSSR count). The second-order valence-corrected chi connectivity index (χ2v) is 5.60. The number of carboxylic acids is 1. The lowest BCUT2D eigenvalue weighted by Crippen LogP contribution is -2.29. The number of amides is 3. The van der Waals surface area contributed by atoms with Crippen LogP contribution in [0.5, 0.6) is 0 Å². The first-order valence-corrected chi connectivity index (χ1v) is 7.53. The number of benzene rings is 1. The summed E-state index contributed by atoms with van der Waals surface area (Å²) in [6.07, 6.45) is 0.855. The molecule has 0 spiro atoms. The maximum atomic E-state index is 11.6. The van der Waals surface area contributed by atoms with E-state index in [0.29, 0.717) is 36.7 Å². The Labute approximate surface area is 135 Å². The molecule has 0 unspecified atom stereocenters. The Morgan fingerprint density at radius 1 is 1.04 bits per heavy atom. The van der Waals surface area contributed by atoms with E-state index in [-0.39, 0.29) is 12.3 Å². The highest BCUT2D eigenvalue weighted by molar-refractivity contribution is 5.92. The molecule has 126 valence electrons. The molecule has 1 aromatic carbocycles. The third-order valence-corrected chi connectivity index (χ3v) is 2.87. The molecule has 0 saturated carbocycles. The first-order chi connectivity index (χ1) is 10.9. The number of hydrogen-bond donors (Lipinski definition) is 4. The van der Waals surface area contributed by atoms with Crippen LogP contribution in [0.25, 0.3) is 0 Å². The average molecular weight is 321 g/mol. The van der Waals surface area contributed by atoms with Gasteiger partial charge in [-0.1, -0.05) is 13.8 Å². The van der Waals surface area contributed by atoms with Crippen LogP contribution in [0.2, 0.25) is 0 Å². The molecule has 0 aromatic heterocycles. The highest BCUT2D eigenvalue weighted by Gasteiger charge is 2.06. The van der Waals surface area contributed by atoms with E-state index in [1.54, 1.807) is 24.3 Å². The Balaban J connectivity index is 2.37. The molecule has 3 amide bonds. The van der Waals surface area contributed by atoms with Crippen LogP contribution in [-0.4, -0.2) is 29.6 Å². The highest BCUT2D eigenvalue weighted by Crippen LogP contribution is 2.14. The summed E-state index contributed by atoms with van der Waals surface area (Å²) in [5.41, 5.74) is 1.26. The number of hydrogen-bond acceptors (Lipinski definition) is 3. The minimum atomic E-state index is -0.887. The molecule has 23 heavy (non-hydrogen) atoms. The van der Waals surface area contributed by atoms with Crippen molar-refractivity contribution >= 4 is 29.3 Å². The fraction of sp³-hybridized carbons (Fsp3) is 0.438. The number of carbonyl (C=O) groups is 3. The van der Waals surface area contributed by atoms with Crippen LogP contribution in [0.15, 0.2) is 24.3 Å². The molecule has 0 fully saturated rings. The Bertz CT molecular complexity index is 541. The molecule has 4 N–H and O–H groups in total. The van der Waals surface area contributed by atoms with Crippen molar-refractivity contribution in [2.45, 2.75) is 33.1 Å². The minimum absolute atomic E-state index is 0.0189. The van der Waals surface area contributed by atoms with Crippen LogP contribution in [0, 0.1) is 5.92 Å². The molecule has 0 atom stereocenters. The zero-order valence-electron chi connectivity index (χ0n) is 13.4. The third-order valence-electron chi connectivity index (χ3n) is 2.87. The summed E-state index contributed by atoms with van der Waals surface area (Å²) in [6.45, 7) is 4.24. The molecule has 0 aliphatic carbocycles. The first-order valence-electron chi connectivity index (χ1n) is 7.53. The van der Waals surface area contributed by atoms with E-state index in [1.807, 2.05) is 13.8 Å². The molecular formula is C16H23N3O4. The molecule has 0 aliphatic rings. The Hall–Kier alpha value is -2.57. The molecule has 0 saturated heterocycles. The van der Waals surface area contributed by atoms with Crippen molar-refractivity contribution in [3.05, 3.63) is 24.3 Å². The average Bonchev–Trinajstić information content (AvgIpc) is 2.44. The molecule has 0 heterocycles. The molecule has 0 radical (unpaired) electrons. The number of urea groups is 1. The monoisotopic (exact) mass is 321 g/mol. The zero-order chi connectivity index (χ0) is 17.2. The summed E-state index contributed by atoms with van der Waals surface area (Å²) in [7, 11) is 0. The molecule has 0 aliphatic heterocycles. The van der Waals surface area contributed by atoms with Crippen molar-refractivity contribution in [3.8, 4) is 0 Å². The summed E-state index contributed by atoms with van der Waals surface area (Å²) >= 11 is 0. The van der Waals surface area contributed by atoms with Gasteiger partial charge in [0, 0.05) is 30.8 Å². The fourth-order valence-electron chi connectivity index (χ4n) is 1.84. The second-order valence-electron chi connectivity index (χ2n) is 5.60. The topological polar surface area (TPSA) is 108 Å². The van der Waals surface area contributed by atoms with Crippen molar-refractivity contribution in [1.29, 1.82) is 0 Å². The van der Waals surface area contributed by atoms with Gasteiger partial charge in [-0.05, 0) is 36.6 Å². The van der Waals surface area contributed by atoms with Gasteiger partial charge in [-0.3, -0.25) is 9.59 Å². The van der Waals surface area contributed by atoms with Crippen LogP contribution in [0.4, 0.5) is 16.2 Å².